The van der Waals surface area contributed by atoms with Crippen molar-refractivity contribution in [3.63, 3.8) is 0 Å². The smallest absolute Gasteiger partial charge is 0.288 e. The monoisotopic (exact) mass is 339 g/mol. The molecule has 0 aliphatic heterocycles. The molecule has 0 unspecified atom stereocenters. The third kappa shape index (κ3) is 4.85. The van der Waals surface area contributed by atoms with Gasteiger partial charge in [0, 0.05) is 22.2 Å². The summed E-state index contributed by atoms with van der Waals surface area (Å²) in [7, 11) is 2.99. The average molecular weight is 339 g/mol. The fourth-order valence-corrected chi connectivity index (χ4v) is 2.36. The van der Waals surface area contributed by atoms with Crippen LogP contribution >= 0.6 is 11.8 Å². The molecule has 0 atom stereocenters. The van der Waals surface area contributed by atoms with Crippen LogP contribution in [0, 0.1) is 0 Å². The highest BCUT2D eigenvalue weighted by Crippen LogP contribution is 2.27. The molecular formula is C16H15F2NO3S. The Balaban J connectivity index is 2.12. The SMILES string of the molecule is COc1cc(OC)cc(C(=O)Nc2ccc(SC(F)F)cc2)c1. The minimum atomic E-state index is -2.47. The first kappa shape index (κ1) is 17.1. The molecule has 0 saturated heterocycles. The molecule has 122 valence electrons. The van der Waals surface area contributed by atoms with E-state index in [1.807, 2.05) is 0 Å². The maximum atomic E-state index is 12.3. The quantitative estimate of drug-likeness (QED) is 0.799. The molecule has 0 bridgehead atoms. The summed E-state index contributed by atoms with van der Waals surface area (Å²) >= 11 is 0.453. The standard InChI is InChI=1S/C16H15F2NO3S/c1-21-12-7-10(8-13(9-12)22-2)15(20)19-11-3-5-14(6-4-11)23-16(17)18/h3-9,16H,1-2H3,(H,19,20). The van der Waals surface area contributed by atoms with E-state index < -0.39 is 5.76 Å². The van der Waals surface area contributed by atoms with Crippen LogP contribution in [0.3, 0.4) is 0 Å². The Morgan fingerprint density at radius 3 is 2.09 bits per heavy atom. The predicted octanol–water partition coefficient (Wildman–Crippen LogP) is 4.27. The van der Waals surface area contributed by atoms with E-state index in [2.05, 4.69) is 5.32 Å². The topological polar surface area (TPSA) is 47.6 Å². The van der Waals surface area contributed by atoms with E-state index in [4.69, 9.17) is 9.47 Å². The number of rotatable bonds is 6. The molecule has 0 spiro atoms. The summed E-state index contributed by atoms with van der Waals surface area (Å²) in [6, 6.07) is 11.0. The number of carbonyl (C=O) groups is 1. The van der Waals surface area contributed by atoms with E-state index in [-0.39, 0.29) is 5.91 Å². The molecule has 0 aromatic heterocycles. The van der Waals surface area contributed by atoms with E-state index >= 15 is 0 Å². The van der Waals surface area contributed by atoms with Crippen molar-refractivity contribution in [1.82, 2.24) is 0 Å². The number of alkyl halides is 2. The van der Waals surface area contributed by atoms with E-state index in [0.717, 1.165) is 0 Å². The molecule has 23 heavy (non-hydrogen) atoms. The van der Waals surface area contributed by atoms with Crippen LogP contribution in [0.2, 0.25) is 0 Å². The van der Waals surface area contributed by atoms with E-state index in [1.54, 1.807) is 30.3 Å². The van der Waals surface area contributed by atoms with Crippen molar-refractivity contribution < 1.29 is 23.0 Å². The first-order chi connectivity index (χ1) is 11.0. The van der Waals surface area contributed by atoms with Crippen LogP contribution in [0.4, 0.5) is 14.5 Å². The molecule has 1 amide bonds. The number of thioether (sulfide) groups is 1. The predicted molar refractivity (Wildman–Crippen MR) is 85.8 cm³/mol. The normalized spacial score (nSPS) is 10.5. The zero-order valence-electron chi connectivity index (χ0n) is 12.5. The van der Waals surface area contributed by atoms with Gasteiger partial charge in [-0.25, -0.2) is 0 Å². The minimum Gasteiger partial charge on any atom is -0.497 e. The Hall–Kier alpha value is -2.28. The van der Waals surface area contributed by atoms with Crippen LogP contribution in [-0.4, -0.2) is 25.9 Å². The summed E-state index contributed by atoms with van der Waals surface area (Å²) in [5.74, 6) is -1.83. The van der Waals surface area contributed by atoms with Crippen LogP contribution in [0.15, 0.2) is 47.4 Å². The molecule has 0 fully saturated rings. The Morgan fingerprint density at radius 2 is 1.61 bits per heavy atom. The number of anilines is 1. The van der Waals surface area contributed by atoms with Crippen molar-refractivity contribution in [2.45, 2.75) is 10.7 Å². The number of carbonyl (C=O) groups excluding carboxylic acids is 1. The lowest BCUT2D eigenvalue weighted by molar-refractivity contribution is 0.102. The van der Waals surface area contributed by atoms with E-state index in [9.17, 15) is 13.6 Å². The van der Waals surface area contributed by atoms with Crippen molar-refractivity contribution in [2.24, 2.45) is 0 Å². The largest absolute Gasteiger partial charge is 0.497 e. The summed E-state index contributed by atoms with van der Waals surface area (Å²) in [5, 5.41) is 2.69. The lowest BCUT2D eigenvalue weighted by Gasteiger charge is -2.09. The van der Waals surface area contributed by atoms with Crippen LogP contribution < -0.4 is 14.8 Å². The van der Waals surface area contributed by atoms with Gasteiger partial charge in [-0.15, -0.1) is 0 Å². The number of nitrogens with one attached hydrogen (secondary N) is 1. The fourth-order valence-electron chi connectivity index (χ4n) is 1.86. The van der Waals surface area contributed by atoms with Crippen molar-refractivity contribution in [3.05, 3.63) is 48.0 Å². The molecule has 2 aromatic rings. The van der Waals surface area contributed by atoms with Gasteiger partial charge < -0.3 is 14.8 Å². The zero-order chi connectivity index (χ0) is 16.8. The van der Waals surface area contributed by atoms with Gasteiger partial charge >= 0.3 is 0 Å². The van der Waals surface area contributed by atoms with Gasteiger partial charge in [-0.2, -0.15) is 8.78 Å². The van der Waals surface area contributed by atoms with Gasteiger partial charge in [-0.05, 0) is 36.4 Å². The lowest BCUT2D eigenvalue weighted by atomic mass is 10.2. The lowest BCUT2D eigenvalue weighted by Crippen LogP contribution is -2.12. The van der Waals surface area contributed by atoms with E-state index in [1.165, 1.54) is 26.4 Å². The molecule has 0 aliphatic carbocycles. The summed E-state index contributed by atoms with van der Waals surface area (Å²) in [6.07, 6.45) is 0. The zero-order valence-corrected chi connectivity index (χ0v) is 13.3. The number of halogens is 2. The summed E-state index contributed by atoms with van der Waals surface area (Å²) < 4.78 is 34.8. The second-order valence-corrected chi connectivity index (χ2v) is 5.52. The summed E-state index contributed by atoms with van der Waals surface area (Å²) in [6.45, 7) is 0. The van der Waals surface area contributed by atoms with Crippen molar-refractivity contribution in [1.29, 1.82) is 0 Å². The minimum absolute atomic E-state index is 0.350. The van der Waals surface area contributed by atoms with Crippen LogP contribution in [0.5, 0.6) is 11.5 Å². The molecule has 7 heteroatoms. The molecule has 0 heterocycles. The van der Waals surface area contributed by atoms with Crippen LogP contribution in [0.1, 0.15) is 10.4 Å². The fraction of sp³-hybridized carbons (Fsp3) is 0.188. The first-order valence-electron chi connectivity index (χ1n) is 6.61. The number of ether oxygens (including phenoxy) is 2. The molecule has 0 radical (unpaired) electrons. The number of hydrogen-bond donors (Lipinski definition) is 1. The molecule has 0 aliphatic rings. The molecule has 2 rings (SSSR count). The molecule has 0 saturated carbocycles. The van der Waals surface area contributed by atoms with Crippen molar-refractivity contribution in [3.8, 4) is 11.5 Å². The number of hydrogen-bond acceptors (Lipinski definition) is 4. The molecular weight excluding hydrogens is 324 g/mol. The van der Waals surface area contributed by atoms with Gasteiger partial charge in [0.25, 0.3) is 11.7 Å². The Kier molecular flexibility index (Phi) is 5.81. The maximum Gasteiger partial charge on any atom is 0.288 e. The average Bonchev–Trinajstić information content (AvgIpc) is 2.55. The van der Waals surface area contributed by atoms with Gasteiger partial charge in [-0.1, -0.05) is 11.8 Å². The maximum absolute atomic E-state index is 12.3. The number of amides is 1. The van der Waals surface area contributed by atoms with Crippen LogP contribution in [-0.2, 0) is 0 Å². The summed E-state index contributed by atoms with van der Waals surface area (Å²) in [5.41, 5.74) is 0.877. The third-order valence-electron chi connectivity index (χ3n) is 2.95. The first-order valence-corrected chi connectivity index (χ1v) is 7.49. The van der Waals surface area contributed by atoms with Crippen molar-refractivity contribution >= 4 is 23.4 Å². The number of methoxy groups -OCH3 is 2. The highest BCUT2D eigenvalue weighted by molar-refractivity contribution is 7.99. The molecule has 2 aromatic carbocycles. The van der Waals surface area contributed by atoms with Gasteiger partial charge in [0.2, 0.25) is 0 Å². The van der Waals surface area contributed by atoms with Gasteiger partial charge in [-0.3, -0.25) is 4.79 Å². The van der Waals surface area contributed by atoms with Crippen LogP contribution in [0.25, 0.3) is 0 Å². The van der Waals surface area contributed by atoms with Gasteiger partial charge in [0.1, 0.15) is 11.5 Å². The second-order valence-electron chi connectivity index (χ2n) is 4.46. The highest BCUT2D eigenvalue weighted by Gasteiger charge is 2.11. The third-order valence-corrected chi connectivity index (χ3v) is 3.67. The Labute approximate surface area is 136 Å². The Bertz CT molecular complexity index is 655. The number of benzene rings is 2. The van der Waals surface area contributed by atoms with E-state index in [0.29, 0.717) is 39.4 Å². The van der Waals surface area contributed by atoms with Gasteiger partial charge in [0.05, 0.1) is 14.2 Å². The molecule has 1 N–H and O–H groups in total. The summed E-state index contributed by atoms with van der Waals surface area (Å²) in [4.78, 5) is 12.7. The Morgan fingerprint density at radius 1 is 1.04 bits per heavy atom. The van der Waals surface area contributed by atoms with Gasteiger partial charge in [0.15, 0.2) is 0 Å². The molecule has 4 nitrogen and oxygen atoms in total. The van der Waals surface area contributed by atoms with Crippen molar-refractivity contribution in [2.75, 3.05) is 19.5 Å². The highest BCUT2D eigenvalue weighted by atomic mass is 32.2. The second kappa shape index (κ2) is 7.82.